The van der Waals surface area contributed by atoms with Gasteiger partial charge in [0.25, 0.3) is 11.8 Å². The van der Waals surface area contributed by atoms with Gasteiger partial charge in [-0.1, -0.05) is 0 Å². The maximum Gasteiger partial charge on any atom is 0.262 e. The highest BCUT2D eigenvalue weighted by Gasteiger charge is 2.28. The number of aromatic nitrogens is 1. The molecular formula is C18H17N3O4. The number of nitrogens with zero attached hydrogens (tertiary/aromatic N) is 2. The molecule has 7 nitrogen and oxygen atoms in total. The molecule has 2 aromatic rings. The summed E-state index contributed by atoms with van der Waals surface area (Å²) < 4.78 is 11.2. The summed E-state index contributed by atoms with van der Waals surface area (Å²) in [5, 5.41) is 2.81. The summed E-state index contributed by atoms with van der Waals surface area (Å²) in [5.74, 6) is 0.352. The Morgan fingerprint density at radius 1 is 1.36 bits per heavy atom. The Morgan fingerprint density at radius 2 is 2.24 bits per heavy atom. The Bertz CT molecular complexity index is 846. The first-order valence-electron chi connectivity index (χ1n) is 8.11. The van der Waals surface area contributed by atoms with Gasteiger partial charge < -0.3 is 19.7 Å². The van der Waals surface area contributed by atoms with E-state index in [0.29, 0.717) is 41.6 Å². The Morgan fingerprint density at radius 3 is 3.04 bits per heavy atom. The van der Waals surface area contributed by atoms with E-state index in [9.17, 15) is 9.59 Å². The molecule has 1 fully saturated rings. The minimum atomic E-state index is -0.429. The van der Waals surface area contributed by atoms with Crippen LogP contribution >= 0.6 is 0 Å². The summed E-state index contributed by atoms with van der Waals surface area (Å²) in [5.41, 5.74) is 1.49. The van der Waals surface area contributed by atoms with Crippen molar-refractivity contribution < 1.29 is 19.1 Å². The molecule has 25 heavy (non-hydrogen) atoms. The van der Waals surface area contributed by atoms with Crippen LogP contribution in [0.4, 0.5) is 11.4 Å². The molecule has 128 valence electrons. The van der Waals surface area contributed by atoms with Crippen molar-refractivity contribution in [3.8, 4) is 11.6 Å². The number of ether oxygens (including phenoxy) is 2. The number of fused-ring (bicyclic) bond motifs is 2. The fourth-order valence-electron chi connectivity index (χ4n) is 2.98. The lowest BCUT2D eigenvalue weighted by Crippen LogP contribution is -2.27. The Hall–Kier alpha value is -2.93. The molecule has 2 aliphatic rings. The molecule has 0 radical (unpaired) electrons. The van der Waals surface area contributed by atoms with Gasteiger partial charge in [0.15, 0.2) is 0 Å². The van der Waals surface area contributed by atoms with Gasteiger partial charge in [0.05, 0.1) is 5.56 Å². The van der Waals surface area contributed by atoms with Gasteiger partial charge in [0.1, 0.15) is 17.5 Å². The Labute approximate surface area is 144 Å². The lowest BCUT2D eigenvalue weighted by atomic mass is 10.1. The second-order valence-corrected chi connectivity index (χ2v) is 6.00. The highest BCUT2D eigenvalue weighted by atomic mass is 16.5. The van der Waals surface area contributed by atoms with Crippen LogP contribution in [0.3, 0.4) is 0 Å². The van der Waals surface area contributed by atoms with Gasteiger partial charge in [-0.3, -0.25) is 9.59 Å². The van der Waals surface area contributed by atoms with E-state index in [1.54, 1.807) is 43.6 Å². The summed E-state index contributed by atoms with van der Waals surface area (Å²) in [6.07, 6.45) is 2.77. The van der Waals surface area contributed by atoms with Gasteiger partial charge in [-0.15, -0.1) is 0 Å². The first-order chi connectivity index (χ1) is 12.1. The second kappa shape index (κ2) is 6.18. The fraction of sp³-hybridized carbons (Fsp3) is 0.278. The van der Waals surface area contributed by atoms with Crippen molar-refractivity contribution in [1.82, 2.24) is 4.98 Å². The molecule has 2 amide bonds. The number of pyridine rings is 1. The number of amides is 2. The van der Waals surface area contributed by atoms with Crippen molar-refractivity contribution in [1.29, 1.82) is 0 Å². The van der Waals surface area contributed by atoms with Crippen LogP contribution in [0.15, 0.2) is 36.5 Å². The molecule has 1 atom stereocenters. The quantitative estimate of drug-likeness (QED) is 0.909. The van der Waals surface area contributed by atoms with Gasteiger partial charge in [-0.05, 0) is 43.2 Å². The van der Waals surface area contributed by atoms with Crippen molar-refractivity contribution in [2.24, 2.45) is 0 Å². The minimum absolute atomic E-state index is 0.197. The lowest BCUT2D eigenvalue weighted by Gasteiger charge is -2.15. The summed E-state index contributed by atoms with van der Waals surface area (Å²) in [6.45, 7) is 0.602. The third-order valence-electron chi connectivity index (χ3n) is 4.32. The van der Waals surface area contributed by atoms with E-state index in [4.69, 9.17) is 9.47 Å². The normalized spacial score (nSPS) is 18.8. The van der Waals surface area contributed by atoms with Gasteiger partial charge >= 0.3 is 0 Å². The van der Waals surface area contributed by atoms with Gasteiger partial charge in [-0.25, -0.2) is 4.98 Å². The topological polar surface area (TPSA) is 80.8 Å². The maximum atomic E-state index is 12.8. The van der Waals surface area contributed by atoms with Crippen molar-refractivity contribution in [2.75, 3.05) is 23.9 Å². The van der Waals surface area contributed by atoms with E-state index in [1.165, 1.54) is 4.90 Å². The second-order valence-electron chi connectivity index (χ2n) is 6.00. The van der Waals surface area contributed by atoms with Gasteiger partial charge in [-0.2, -0.15) is 0 Å². The fourth-order valence-corrected chi connectivity index (χ4v) is 2.98. The predicted molar refractivity (Wildman–Crippen MR) is 91.1 cm³/mol. The Balaban J connectivity index is 1.64. The smallest absolute Gasteiger partial charge is 0.262 e. The van der Waals surface area contributed by atoms with Gasteiger partial charge in [0.2, 0.25) is 5.88 Å². The minimum Gasteiger partial charge on any atom is -0.436 e. The SMILES string of the molecule is CN1C(=O)c2cc(NC(=O)[C@@H]3CCCO3)ccc2Oc2ncccc21. The third-order valence-corrected chi connectivity index (χ3v) is 4.32. The average molecular weight is 339 g/mol. The number of anilines is 2. The first-order valence-corrected chi connectivity index (χ1v) is 8.11. The zero-order chi connectivity index (χ0) is 17.4. The molecule has 1 aromatic heterocycles. The van der Waals surface area contributed by atoms with Crippen molar-refractivity contribution >= 4 is 23.2 Å². The molecule has 1 N–H and O–H groups in total. The van der Waals surface area contributed by atoms with Crippen molar-refractivity contribution in [3.05, 3.63) is 42.1 Å². The van der Waals surface area contributed by atoms with Crippen LogP contribution in [0.5, 0.6) is 11.6 Å². The number of hydrogen-bond acceptors (Lipinski definition) is 5. The Kier molecular flexibility index (Phi) is 3.85. The lowest BCUT2D eigenvalue weighted by molar-refractivity contribution is -0.124. The van der Waals surface area contributed by atoms with Crippen LogP contribution in [-0.2, 0) is 9.53 Å². The van der Waals surface area contributed by atoms with Crippen LogP contribution in [0.25, 0.3) is 0 Å². The maximum absolute atomic E-state index is 12.8. The predicted octanol–water partition coefficient (Wildman–Crippen LogP) is 2.58. The molecule has 3 heterocycles. The number of rotatable bonds is 2. The number of benzene rings is 1. The number of nitrogens with one attached hydrogen (secondary N) is 1. The molecular weight excluding hydrogens is 322 g/mol. The molecule has 7 heteroatoms. The van der Waals surface area contributed by atoms with E-state index in [2.05, 4.69) is 10.3 Å². The van der Waals surface area contributed by atoms with E-state index >= 15 is 0 Å². The van der Waals surface area contributed by atoms with E-state index in [-0.39, 0.29) is 11.8 Å². The van der Waals surface area contributed by atoms with E-state index in [0.717, 1.165) is 6.42 Å². The largest absolute Gasteiger partial charge is 0.436 e. The first kappa shape index (κ1) is 15.6. The van der Waals surface area contributed by atoms with Crippen molar-refractivity contribution in [3.63, 3.8) is 0 Å². The van der Waals surface area contributed by atoms with Crippen LogP contribution in [0, 0.1) is 0 Å². The number of carbonyl (C=O) groups is 2. The van der Waals surface area contributed by atoms with Crippen LogP contribution in [0.2, 0.25) is 0 Å². The summed E-state index contributed by atoms with van der Waals surface area (Å²) in [4.78, 5) is 30.6. The van der Waals surface area contributed by atoms with Crippen LogP contribution in [-0.4, -0.2) is 36.6 Å². The highest BCUT2D eigenvalue weighted by Crippen LogP contribution is 2.37. The van der Waals surface area contributed by atoms with E-state index in [1.807, 2.05) is 0 Å². The third kappa shape index (κ3) is 2.83. The average Bonchev–Trinajstić information content (AvgIpc) is 3.14. The van der Waals surface area contributed by atoms with Gasteiger partial charge in [0, 0.05) is 25.5 Å². The highest BCUT2D eigenvalue weighted by molar-refractivity contribution is 6.10. The monoisotopic (exact) mass is 339 g/mol. The molecule has 0 bridgehead atoms. The standard InChI is InChI=1S/C18H17N3O4/c1-21-13-4-2-8-19-17(13)25-14-7-6-11(10-12(14)18(21)23)20-16(22)15-5-3-9-24-15/h2,4,6-8,10,15H,3,5,9H2,1H3,(H,20,22)/t15-/m0/s1. The molecule has 1 aromatic carbocycles. The zero-order valence-electron chi connectivity index (χ0n) is 13.7. The van der Waals surface area contributed by atoms with Crippen LogP contribution < -0.4 is 15.0 Å². The molecule has 4 rings (SSSR count). The summed E-state index contributed by atoms with van der Waals surface area (Å²) in [6, 6.07) is 8.50. The molecule has 0 saturated carbocycles. The summed E-state index contributed by atoms with van der Waals surface area (Å²) in [7, 11) is 1.67. The molecule has 0 spiro atoms. The molecule has 0 unspecified atom stereocenters. The van der Waals surface area contributed by atoms with E-state index < -0.39 is 6.10 Å². The van der Waals surface area contributed by atoms with Crippen molar-refractivity contribution in [2.45, 2.75) is 18.9 Å². The molecule has 1 saturated heterocycles. The molecule has 2 aliphatic heterocycles. The van der Waals surface area contributed by atoms with Crippen LogP contribution in [0.1, 0.15) is 23.2 Å². The summed E-state index contributed by atoms with van der Waals surface area (Å²) >= 11 is 0. The zero-order valence-corrected chi connectivity index (χ0v) is 13.7. The number of carbonyl (C=O) groups excluding carboxylic acids is 2. The molecule has 0 aliphatic carbocycles. The number of hydrogen-bond donors (Lipinski definition) is 1.